The van der Waals surface area contributed by atoms with Gasteiger partial charge in [0, 0.05) is 10.3 Å². The Morgan fingerprint density at radius 2 is 2.00 bits per heavy atom. The molecule has 1 aliphatic rings. The van der Waals surface area contributed by atoms with Crippen molar-refractivity contribution in [2.45, 2.75) is 41.0 Å². The van der Waals surface area contributed by atoms with Crippen LogP contribution < -0.4 is 0 Å². The molecular weight excluding hydrogens is 296 g/mol. The molecule has 0 unspecified atom stereocenters. The second kappa shape index (κ2) is 4.90. The van der Waals surface area contributed by atoms with Gasteiger partial charge < -0.3 is 4.42 Å². The molecule has 3 heterocycles. The molecule has 0 spiro atoms. The molecule has 3 nitrogen and oxygen atoms in total. The largest absolute Gasteiger partial charge is 0.441 e. The zero-order chi connectivity index (χ0) is 13.6. The molecule has 1 aliphatic heterocycles. The summed E-state index contributed by atoms with van der Waals surface area (Å²) >= 11 is 5.18. The molecule has 19 heavy (non-hydrogen) atoms. The van der Waals surface area contributed by atoms with E-state index < -0.39 is 0 Å². The summed E-state index contributed by atoms with van der Waals surface area (Å²) in [6.07, 6.45) is 5.08. The lowest BCUT2D eigenvalue weighted by Crippen LogP contribution is -2.22. The zero-order valence-corrected chi connectivity index (χ0v) is 13.9. The molecule has 0 radical (unpaired) electrons. The molecule has 0 fully saturated rings. The fourth-order valence-corrected chi connectivity index (χ4v) is 4.34. The van der Waals surface area contributed by atoms with Crippen molar-refractivity contribution in [1.29, 1.82) is 0 Å². The molecule has 0 aromatic carbocycles. The van der Waals surface area contributed by atoms with E-state index >= 15 is 0 Å². The van der Waals surface area contributed by atoms with Crippen molar-refractivity contribution in [2.24, 2.45) is 0 Å². The number of hydrogen-bond donors (Lipinski definition) is 0. The van der Waals surface area contributed by atoms with Gasteiger partial charge in [-0.1, -0.05) is 25.6 Å². The summed E-state index contributed by atoms with van der Waals surface area (Å²) in [5, 5.41) is 2.96. The predicted molar refractivity (Wildman–Crippen MR) is 84.4 cm³/mol. The maximum atomic E-state index is 5.97. The first kappa shape index (κ1) is 13.6. The van der Waals surface area contributed by atoms with Crippen LogP contribution in [0.4, 0.5) is 0 Å². The van der Waals surface area contributed by atoms with Crippen LogP contribution in [-0.2, 0) is 12.2 Å². The van der Waals surface area contributed by atoms with Crippen LogP contribution >= 0.6 is 35.3 Å². The third kappa shape index (κ3) is 2.38. The van der Waals surface area contributed by atoms with Crippen LogP contribution in [0, 0.1) is 0 Å². The minimum atomic E-state index is 0.262. The number of aromatic nitrogens is 2. The fraction of sp³-hybridized carbons (Fsp3) is 0.538. The zero-order valence-electron chi connectivity index (χ0n) is 11.4. The van der Waals surface area contributed by atoms with Crippen molar-refractivity contribution in [3.63, 3.8) is 0 Å². The van der Waals surface area contributed by atoms with Gasteiger partial charge in [-0.2, -0.15) is 4.98 Å². The van der Waals surface area contributed by atoms with Gasteiger partial charge >= 0.3 is 0 Å². The maximum absolute atomic E-state index is 5.97. The van der Waals surface area contributed by atoms with E-state index in [1.54, 1.807) is 23.5 Å². The number of nitrogens with zero attached hydrogens (tertiary/aromatic N) is 2. The van der Waals surface area contributed by atoms with Gasteiger partial charge in [0.25, 0.3) is 0 Å². The Morgan fingerprint density at radius 1 is 1.21 bits per heavy atom. The van der Waals surface area contributed by atoms with Crippen LogP contribution in [0.1, 0.15) is 25.2 Å². The van der Waals surface area contributed by atoms with Crippen LogP contribution in [0.3, 0.4) is 0 Å². The Hall–Kier alpha value is -0.330. The molecule has 0 saturated heterocycles. The van der Waals surface area contributed by atoms with Crippen LogP contribution in [-0.4, -0.2) is 27.2 Å². The summed E-state index contributed by atoms with van der Waals surface area (Å²) in [6, 6.07) is 0. The summed E-state index contributed by atoms with van der Waals surface area (Å²) < 4.78 is 6.23. The topological polar surface area (TPSA) is 38.9 Å². The Balaban J connectivity index is 2.25. The fourth-order valence-electron chi connectivity index (χ4n) is 2.33. The Morgan fingerprint density at radius 3 is 2.68 bits per heavy atom. The molecule has 2 aromatic rings. The molecule has 0 amide bonds. The van der Waals surface area contributed by atoms with E-state index in [0.717, 1.165) is 39.2 Å². The van der Waals surface area contributed by atoms with Crippen molar-refractivity contribution in [2.75, 3.05) is 12.5 Å². The monoisotopic (exact) mass is 312 g/mol. The van der Waals surface area contributed by atoms with Crippen LogP contribution in [0.2, 0.25) is 0 Å². The van der Waals surface area contributed by atoms with Gasteiger partial charge in [-0.25, -0.2) is 4.98 Å². The second-order valence-electron chi connectivity index (χ2n) is 5.13. The van der Waals surface area contributed by atoms with Gasteiger partial charge in [-0.05, 0) is 18.9 Å². The Bertz CT molecular complexity index is 636. The minimum Gasteiger partial charge on any atom is -0.441 e. The lowest BCUT2D eigenvalue weighted by Gasteiger charge is -2.28. The highest BCUT2D eigenvalue weighted by Crippen LogP contribution is 2.44. The van der Waals surface area contributed by atoms with E-state index in [2.05, 4.69) is 30.1 Å². The quantitative estimate of drug-likeness (QED) is 0.469. The summed E-state index contributed by atoms with van der Waals surface area (Å²) in [5.74, 6) is 2.02. The number of rotatable bonds is 2. The van der Waals surface area contributed by atoms with Gasteiger partial charge in [-0.3, -0.25) is 0 Å². The maximum Gasteiger partial charge on any atom is 0.231 e. The van der Waals surface area contributed by atoms with E-state index in [1.807, 2.05) is 18.0 Å². The molecule has 0 saturated carbocycles. The number of hydrogen-bond acceptors (Lipinski definition) is 6. The Kier molecular flexibility index (Phi) is 3.52. The molecule has 0 N–H and O–H groups in total. The summed E-state index contributed by atoms with van der Waals surface area (Å²) in [5.41, 5.74) is 2.07. The first-order valence-electron chi connectivity index (χ1n) is 6.08. The molecule has 102 valence electrons. The third-order valence-corrected chi connectivity index (χ3v) is 5.81. The third-order valence-electron chi connectivity index (χ3n) is 3.25. The highest BCUT2D eigenvalue weighted by Gasteiger charge is 2.31. The molecule has 0 aliphatic carbocycles. The van der Waals surface area contributed by atoms with Gasteiger partial charge in [0.05, 0.1) is 11.1 Å². The van der Waals surface area contributed by atoms with E-state index in [9.17, 15) is 0 Å². The van der Waals surface area contributed by atoms with Gasteiger partial charge in [-0.15, -0.1) is 23.5 Å². The average Bonchev–Trinajstić information content (AvgIpc) is 2.74. The SMILES string of the molecule is CSc1nc(SC)c2c3c(oc2n1)CSC(C)(C)C3. The van der Waals surface area contributed by atoms with Crippen LogP contribution in [0.5, 0.6) is 0 Å². The molecule has 6 heteroatoms. The van der Waals surface area contributed by atoms with Crippen molar-refractivity contribution >= 4 is 46.4 Å². The molecule has 0 bridgehead atoms. The standard InChI is InChI=1S/C13H16N2OS3/c1-13(2)5-7-8(6-19-13)16-10-9(7)11(17-3)15-12(14-10)18-4/h5-6H2,1-4H3. The highest BCUT2D eigenvalue weighted by atomic mass is 32.2. The second-order valence-corrected chi connectivity index (χ2v) is 8.38. The lowest BCUT2D eigenvalue weighted by molar-refractivity contribution is 0.539. The van der Waals surface area contributed by atoms with Crippen LogP contribution in [0.15, 0.2) is 14.6 Å². The van der Waals surface area contributed by atoms with Crippen molar-refractivity contribution in [3.8, 4) is 0 Å². The predicted octanol–water partition coefficient (Wildman–Crippen LogP) is 4.23. The van der Waals surface area contributed by atoms with E-state index in [-0.39, 0.29) is 4.75 Å². The lowest BCUT2D eigenvalue weighted by atomic mass is 10.00. The number of fused-ring (bicyclic) bond motifs is 3. The number of furan rings is 1. The normalized spacial score (nSPS) is 17.7. The van der Waals surface area contributed by atoms with Gasteiger partial charge in [0.2, 0.25) is 5.71 Å². The first-order valence-corrected chi connectivity index (χ1v) is 9.52. The van der Waals surface area contributed by atoms with E-state index in [4.69, 9.17) is 4.42 Å². The molecule has 0 atom stereocenters. The Labute approximate surface area is 125 Å². The smallest absolute Gasteiger partial charge is 0.231 e. The van der Waals surface area contributed by atoms with Crippen LogP contribution in [0.25, 0.3) is 11.1 Å². The van der Waals surface area contributed by atoms with E-state index in [0.29, 0.717) is 0 Å². The minimum absolute atomic E-state index is 0.262. The summed E-state index contributed by atoms with van der Waals surface area (Å²) in [4.78, 5) is 9.13. The van der Waals surface area contributed by atoms with Crippen molar-refractivity contribution < 1.29 is 4.42 Å². The summed E-state index contributed by atoms with van der Waals surface area (Å²) in [7, 11) is 0. The molecule has 3 rings (SSSR count). The molecule has 2 aromatic heterocycles. The highest BCUT2D eigenvalue weighted by molar-refractivity contribution is 8.00. The molecular formula is C13H16N2OS3. The van der Waals surface area contributed by atoms with E-state index in [1.165, 1.54) is 5.56 Å². The first-order chi connectivity index (χ1) is 9.04. The van der Waals surface area contributed by atoms with Gasteiger partial charge in [0.15, 0.2) is 5.16 Å². The number of thioether (sulfide) groups is 3. The van der Waals surface area contributed by atoms with Crippen molar-refractivity contribution in [1.82, 2.24) is 9.97 Å². The summed E-state index contributed by atoms with van der Waals surface area (Å²) in [6.45, 7) is 4.57. The van der Waals surface area contributed by atoms with Gasteiger partial charge in [0.1, 0.15) is 10.8 Å². The van der Waals surface area contributed by atoms with Crippen molar-refractivity contribution in [3.05, 3.63) is 11.3 Å². The average molecular weight is 312 g/mol.